The van der Waals surface area contributed by atoms with Crippen LogP contribution in [0.15, 0.2) is 215 Å². The Morgan fingerprint density at radius 2 is 0.785 bits per heavy atom. The van der Waals surface area contributed by atoms with Gasteiger partial charge >= 0.3 is 0 Å². The SMILES string of the molecule is Cc1ccc(-c2cccc3c2oc2c(N(c4ccc(C#N)cc4)c4ccc5ccc6c(N(c7ccc(C#N)cc7)c7cccc8c7oc7c(-c9ccc([Si](C)(C)C)cc9C)cccc78)ccc7ccc4c5c76)cccc23)c(C)c1. The minimum absolute atomic E-state index is 0.583. The van der Waals surface area contributed by atoms with E-state index >= 15 is 0 Å². The standard InChI is InChI=1S/C72H52N4O2Si/c1-43-19-33-53(44(2)39-43)55-11-7-13-57-59-15-9-17-65(71(59)77-69(55)57)75(50-28-20-46(41-73)21-29-50)63-37-26-48-25-35-62-64(38-27-49-24-34-61(63)67(48)68(49)62)76(51-30-22-47(42-74)23-31-51)66-18-10-16-60-58-14-8-12-56(70(58)78-72(60)66)54-36-32-52(40-45(54)3)79(4,5)6/h7-40H,1-6H3. The molecule has 7 heteroatoms. The van der Waals surface area contributed by atoms with E-state index in [1.54, 1.807) is 0 Å². The monoisotopic (exact) mass is 1030 g/mol. The molecule has 0 bridgehead atoms. The van der Waals surface area contributed by atoms with E-state index in [-0.39, 0.29) is 0 Å². The summed E-state index contributed by atoms with van der Waals surface area (Å²) >= 11 is 0. The molecule has 0 fully saturated rings. The molecule has 79 heavy (non-hydrogen) atoms. The normalized spacial score (nSPS) is 11.9. The molecule has 2 heterocycles. The Balaban J connectivity index is 0.988. The predicted molar refractivity (Wildman–Crippen MR) is 332 cm³/mol. The number of aryl methyl sites for hydroxylation is 3. The zero-order valence-electron chi connectivity index (χ0n) is 44.7. The zero-order chi connectivity index (χ0) is 53.8. The van der Waals surface area contributed by atoms with Gasteiger partial charge in [0.2, 0.25) is 0 Å². The highest BCUT2D eigenvalue weighted by atomic mass is 28.3. The number of para-hydroxylation sites is 4. The number of benzene rings is 12. The van der Waals surface area contributed by atoms with Gasteiger partial charge in [-0.05, 0) is 137 Å². The summed E-state index contributed by atoms with van der Waals surface area (Å²) in [6, 6.07) is 77.4. The molecule has 0 aliphatic rings. The maximum atomic E-state index is 10.0. The third kappa shape index (κ3) is 7.58. The Hall–Kier alpha value is -9.92. The second-order valence-electron chi connectivity index (χ2n) is 22.1. The van der Waals surface area contributed by atoms with Gasteiger partial charge in [0.05, 0.1) is 54.1 Å². The van der Waals surface area contributed by atoms with Crippen LogP contribution in [0.25, 0.3) is 98.4 Å². The van der Waals surface area contributed by atoms with Crippen LogP contribution in [0.1, 0.15) is 27.8 Å². The molecular weight excluding hydrogens is 981 g/mol. The molecule has 2 aromatic heterocycles. The largest absolute Gasteiger partial charge is 0.453 e. The van der Waals surface area contributed by atoms with Crippen molar-refractivity contribution in [1.29, 1.82) is 10.5 Å². The van der Waals surface area contributed by atoms with E-state index in [2.05, 4.69) is 220 Å². The van der Waals surface area contributed by atoms with Gasteiger partial charge in [-0.15, -0.1) is 0 Å². The van der Waals surface area contributed by atoms with E-state index in [4.69, 9.17) is 8.83 Å². The molecule has 0 amide bonds. The number of hydrogen-bond donors (Lipinski definition) is 0. The maximum Gasteiger partial charge on any atom is 0.159 e. The van der Waals surface area contributed by atoms with Crippen molar-refractivity contribution < 1.29 is 8.83 Å². The second-order valence-corrected chi connectivity index (χ2v) is 27.1. The summed E-state index contributed by atoms with van der Waals surface area (Å²) in [6.07, 6.45) is 0. The number of hydrogen-bond acceptors (Lipinski definition) is 6. The third-order valence-corrected chi connectivity index (χ3v) is 18.2. The number of fused-ring (bicyclic) bond motifs is 6. The zero-order valence-corrected chi connectivity index (χ0v) is 45.7. The van der Waals surface area contributed by atoms with Gasteiger partial charge in [0, 0.05) is 54.8 Å². The Labute approximate surface area is 459 Å². The first-order valence-electron chi connectivity index (χ1n) is 26.8. The Kier molecular flexibility index (Phi) is 10.9. The van der Waals surface area contributed by atoms with Crippen LogP contribution in [0.5, 0.6) is 0 Å². The van der Waals surface area contributed by atoms with E-state index in [9.17, 15) is 10.5 Å². The minimum atomic E-state index is -1.53. The molecule has 376 valence electrons. The fourth-order valence-electron chi connectivity index (χ4n) is 12.3. The summed E-state index contributed by atoms with van der Waals surface area (Å²) in [5.74, 6) is 0. The van der Waals surface area contributed by atoms with Gasteiger partial charge in [0.15, 0.2) is 11.2 Å². The number of nitriles is 2. The van der Waals surface area contributed by atoms with Gasteiger partial charge in [-0.3, -0.25) is 0 Å². The highest BCUT2D eigenvalue weighted by Gasteiger charge is 2.27. The average molecular weight is 1030 g/mol. The molecule has 0 aliphatic carbocycles. The van der Waals surface area contributed by atoms with E-state index in [0.29, 0.717) is 11.1 Å². The van der Waals surface area contributed by atoms with Crippen molar-refractivity contribution in [2.75, 3.05) is 9.80 Å². The van der Waals surface area contributed by atoms with Crippen LogP contribution >= 0.6 is 0 Å². The van der Waals surface area contributed by atoms with E-state index in [1.807, 2.05) is 48.5 Å². The van der Waals surface area contributed by atoms with Crippen molar-refractivity contribution >= 4 is 124 Å². The molecule has 0 atom stereocenters. The maximum absolute atomic E-state index is 10.0. The lowest BCUT2D eigenvalue weighted by Crippen LogP contribution is -2.37. The molecule has 14 rings (SSSR count). The number of nitrogens with zero attached hydrogens (tertiary/aromatic N) is 4. The summed E-state index contributed by atoms with van der Waals surface area (Å²) in [7, 11) is -1.53. The molecule has 14 aromatic rings. The van der Waals surface area contributed by atoms with Crippen LogP contribution in [-0.4, -0.2) is 8.07 Å². The summed E-state index contributed by atoms with van der Waals surface area (Å²) < 4.78 is 14.4. The van der Waals surface area contributed by atoms with E-state index in [1.165, 1.54) is 21.9 Å². The fourth-order valence-corrected chi connectivity index (χ4v) is 13.5. The van der Waals surface area contributed by atoms with Gasteiger partial charge in [-0.25, -0.2) is 0 Å². The Morgan fingerprint density at radius 3 is 1.22 bits per heavy atom. The van der Waals surface area contributed by atoms with Crippen molar-refractivity contribution in [3.05, 3.63) is 234 Å². The molecule has 0 unspecified atom stereocenters. The highest BCUT2D eigenvalue weighted by Crippen LogP contribution is 2.51. The van der Waals surface area contributed by atoms with Crippen LogP contribution in [0.4, 0.5) is 34.1 Å². The van der Waals surface area contributed by atoms with Crippen molar-refractivity contribution in [3.63, 3.8) is 0 Å². The average Bonchev–Trinajstić information content (AvgIpc) is 4.23. The predicted octanol–water partition coefficient (Wildman–Crippen LogP) is 19.9. The smallest absolute Gasteiger partial charge is 0.159 e. The van der Waals surface area contributed by atoms with Crippen LogP contribution in [-0.2, 0) is 0 Å². The molecule has 0 saturated heterocycles. The summed E-state index contributed by atoms with van der Waals surface area (Å²) in [5, 5.41) is 32.2. The lowest BCUT2D eigenvalue weighted by atomic mass is 9.91. The molecular formula is C72H52N4O2Si. The number of furan rings is 2. The molecule has 0 saturated carbocycles. The first-order valence-corrected chi connectivity index (χ1v) is 30.3. The Morgan fingerprint density at radius 1 is 0.367 bits per heavy atom. The van der Waals surface area contributed by atoms with Crippen LogP contribution in [0.2, 0.25) is 19.6 Å². The van der Waals surface area contributed by atoms with Crippen molar-refractivity contribution in [3.8, 4) is 34.4 Å². The summed E-state index contributed by atoms with van der Waals surface area (Å²) in [5.41, 5.74) is 18.0. The van der Waals surface area contributed by atoms with Gasteiger partial charge in [0.1, 0.15) is 11.2 Å². The summed E-state index contributed by atoms with van der Waals surface area (Å²) in [6.45, 7) is 13.7. The lowest BCUT2D eigenvalue weighted by Gasteiger charge is -2.29. The number of anilines is 6. The summed E-state index contributed by atoms with van der Waals surface area (Å²) in [4.78, 5) is 4.58. The molecule has 0 radical (unpaired) electrons. The first kappa shape index (κ1) is 47.5. The third-order valence-electron chi connectivity index (χ3n) is 16.2. The van der Waals surface area contributed by atoms with Gasteiger partial charge < -0.3 is 18.6 Å². The van der Waals surface area contributed by atoms with E-state index < -0.39 is 8.07 Å². The Bertz CT molecular complexity index is 4890. The van der Waals surface area contributed by atoms with Crippen LogP contribution in [0, 0.1) is 43.4 Å². The van der Waals surface area contributed by atoms with Gasteiger partial charge in [0.25, 0.3) is 0 Å². The fraction of sp³-hybridized carbons (Fsp3) is 0.0833. The lowest BCUT2D eigenvalue weighted by molar-refractivity contribution is 0.670. The minimum Gasteiger partial charge on any atom is -0.453 e. The molecule has 6 nitrogen and oxygen atoms in total. The number of rotatable bonds is 9. The van der Waals surface area contributed by atoms with Crippen molar-refractivity contribution in [2.45, 2.75) is 40.4 Å². The molecule has 0 spiro atoms. The highest BCUT2D eigenvalue weighted by molar-refractivity contribution is 6.88. The van der Waals surface area contributed by atoms with Gasteiger partial charge in [-0.2, -0.15) is 10.5 Å². The van der Waals surface area contributed by atoms with E-state index in [0.717, 1.165) is 133 Å². The second kappa shape index (κ2) is 18.1. The van der Waals surface area contributed by atoms with Crippen molar-refractivity contribution in [2.24, 2.45) is 0 Å². The first-order chi connectivity index (χ1) is 38.4. The molecule has 0 aliphatic heterocycles. The van der Waals surface area contributed by atoms with Crippen molar-refractivity contribution in [1.82, 2.24) is 0 Å². The molecule has 0 N–H and O–H groups in total. The molecule has 12 aromatic carbocycles. The van der Waals surface area contributed by atoms with Crippen LogP contribution < -0.4 is 15.0 Å². The topological polar surface area (TPSA) is 80.3 Å². The van der Waals surface area contributed by atoms with Crippen LogP contribution in [0.3, 0.4) is 0 Å². The quantitative estimate of drug-likeness (QED) is 0.106. The van der Waals surface area contributed by atoms with Gasteiger partial charge in [-0.1, -0.05) is 164 Å².